The largest absolute Gasteiger partial charge is 0.469 e. The van der Waals surface area contributed by atoms with E-state index in [1.165, 1.54) is 28.1 Å². The van der Waals surface area contributed by atoms with Gasteiger partial charge in [-0.05, 0) is 27.7 Å². The van der Waals surface area contributed by atoms with Crippen molar-refractivity contribution in [1.82, 2.24) is 0 Å². The summed E-state index contributed by atoms with van der Waals surface area (Å²) in [6.45, 7) is 6.04. The topological polar surface area (TPSA) is 69.7 Å². The number of hydrogen-bond donors (Lipinski definition) is 0. The van der Waals surface area contributed by atoms with Crippen molar-refractivity contribution in [2.75, 3.05) is 14.2 Å². The quantitative estimate of drug-likeness (QED) is 0.683. The molecule has 5 heteroatoms. The minimum atomic E-state index is -1.24. The third kappa shape index (κ3) is 2.84. The fourth-order valence-electron chi connectivity index (χ4n) is 1.75. The third-order valence-corrected chi connectivity index (χ3v) is 3.31. The van der Waals surface area contributed by atoms with E-state index in [1.54, 1.807) is 13.8 Å². The van der Waals surface area contributed by atoms with E-state index >= 15 is 0 Å². The number of ketones is 1. The molecule has 17 heavy (non-hydrogen) atoms. The second kappa shape index (κ2) is 5.29. The van der Waals surface area contributed by atoms with Crippen molar-refractivity contribution in [3.8, 4) is 0 Å². The molecule has 1 atom stereocenters. The Morgan fingerprint density at radius 1 is 0.941 bits per heavy atom. The second-order valence-corrected chi connectivity index (χ2v) is 4.82. The van der Waals surface area contributed by atoms with Gasteiger partial charge in [-0.15, -0.1) is 0 Å². The van der Waals surface area contributed by atoms with Crippen LogP contribution in [-0.4, -0.2) is 31.9 Å². The van der Waals surface area contributed by atoms with E-state index in [0.717, 1.165) is 0 Å². The van der Waals surface area contributed by atoms with Crippen LogP contribution < -0.4 is 0 Å². The molecule has 0 aliphatic heterocycles. The molecular formula is C12H20O5. The van der Waals surface area contributed by atoms with Gasteiger partial charge in [-0.1, -0.05) is 0 Å². The highest BCUT2D eigenvalue weighted by Crippen LogP contribution is 2.43. The highest BCUT2D eigenvalue weighted by Gasteiger charge is 2.54. The Morgan fingerprint density at radius 2 is 1.35 bits per heavy atom. The minimum absolute atomic E-state index is 0.0677. The molecule has 0 aromatic rings. The maximum Gasteiger partial charge on any atom is 0.313 e. The first-order valence-electron chi connectivity index (χ1n) is 5.29. The minimum Gasteiger partial charge on any atom is -0.469 e. The van der Waals surface area contributed by atoms with Gasteiger partial charge < -0.3 is 9.47 Å². The van der Waals surface area contributed by atoms with Gasteiger partial charge in [0.25, 0.3) is 0 Å². The molecule has 0 aromatic heterocycles. The molecular weight excluding hydrogens is 224 g/mol. The Kier molecular flexibility index (Phi) is 4.86. The standard InChI is InChI=1S/C12H20O5/c1-8(13)7-12(4,10(15)17-6)11(2,3)9(14)16-5/h7H2,1-6H3. The number of ether oxygens (including phenoxy) is 2. The van der Waals surface area contributed by atoms with E-state index in [4.69, 9.17) is 4.74 Å². The fraction of sp³-hybridized carbons (Fsp3) is 0.750. The molecule has 0 heterocycles. The van der Waals surface area contributed by atoms with E-state index in [2.05, 4.69) is 4.74 Å². The normalized spacial score (nSPS) is 14.7. The molecule has 0 rings (SSSR count). The average molecular weight is 244 g/mol. The average Bonchev–Trinajstić information content (AvgIpc) is 2.25. The van der Waals surface area contributed by atoms with Gasteiger partial charge in [0.05, 0.1) is 25.0 Å². The van der Waals surface area contributed by atoms with Crippen molar-refractivity contribution in [2.24, 2.45) is 10.8 Å². The number of methoxy groups -OCH3 is 2. The number of esters is 2. The molecule has 0 saturated heterocycles. The summed E-state index contributed by atoms with van der Waals surface area (Å²) in [4.78, 5) is 34.9. The van der Waals surface area contributed by atoms with Crippen LogP contribution in [0.5, 0.6) is 0 Å². The molecule has 98 valence electrons. The van der Waals surface area contributed by atoms with Crippen LogP contribution in [0.4, 0.5) is 0 Å². The monoisotopic (exact) mass is 244 g/mol. The highest BCUT2D eigenvalue weighted by molar-refractivity contribution is 5.91. The Balaban J connectivity index is 5.53. The molecule has 0 aliphatic carbocycles. The van der Waals surface area contributed by atoms with Crippen LogP contribution in [0.1, 0.15) is 34.1 Å². The molecule has 0 saturated carbocycles. The first kappa shape index (κ1) is 15.6. The third-order valence-electron chi connectivity index (χ3n) is 3.31. The van der Waals surface area contributed by atoms with Gasteiger partial charge in [0.2, 0.25) is 0 Å². The van der Waals surface area contributed by atoms with Crippen LogP contribution >= 0.6 is 0 Å². The molecule has 0 N–H and O–H groups in total. The lowest BCUT2D eigenvalue weighted by Crippen LogP contribution is -2.49. The van der Waals surface area contributed by atoms with Gasteiger partial charge in [0.1, 0.15) is 5.78 Å². The van der Waals surface area contributed by atoms with Crippen LogP contribution in [-0.2, 0) is 23.9 Å². The Bertz CT molecular complexity index is 332. The zero-order valence-electron chi connectivity index (χ0n) is 11.2. The van der Waals surface area contributed by atoms with Crippen molar-refractivity contribution in [1.29, 1.82) is 0 Å². The Hall–Kier alpha value is -1.39. The van der Waals surface area contributed by atoms with E-state index in [1.807, 2.05) is 0 Å². The summed E-state index contributed by atoms with van der Waals surface area (Å²) in [6.07, 6.45) is -0.0677. The Morgan fingerprint density at radius 3 is 1.65 bits per heavy atom. The second-order valence-electron chi connectivity index (χ2n) is 4.82. The maximum absolute atomic E-state index is 11.9. The lowest BCUT2D eigenvalue weighted by Gasteiger charge is -2.38. The molecule has 0 radical (unpaired) electrons. The molecule has 0 aromatic carbocycles. The van der Waals surface area contributed by atoms with E-state index in [0.29, 0.717) is 0 Å². The number of carbonyl (C=O) groups excluding carboxylic acids is 3. The zero-order chi connectivity index (χ0) is 13.9. The van der Waals surface area contributed by atoms with E-state index in [-0.39, 0.29) is 12.2 Å². The van der Waals surface area contributed by atoms with Crippen molar-refractivity contribution < 1.29 is 23.9 Å². The summed E-state index contributed by atoms with van der Waals surface area (Å²) in [5.74, 6) is -1.33. The van der Waals surface area contributed by atoms with Crippen LogP contribution in [0.15, 0.2) is 0 Å². The molecule has 0 spiro atoms. The lowest BCUT2D eigenvalue weighted by atomic mass is 9.64. The van der Waals surface area contributed by atoms with Gasteiger partial charge in [0, 0.05) is 6.42 Å². The summed E-state index contributed by atoms with van der Waals surface area (Å²) in [7, 11) is 2.48. The predicted molar refractivity (Wildman–Crippen MR) is 61.2 cm³/mol. The van der Waals surface area contributed by atoms with Crippen molar-refractivity contribution in [3.63, 3.8) is 0 Å². The summed E-state index contributed by atoms with van der Waals surface area (Å²) < 4.78 is 9.38. The van der Waals surface area contributed by atoms with Gasteiger partial charge >= 0.3 is 11.9 Å². The van der Waals surface area contributed by atoms with Crippen molar-refractivity contribution in [2.45, 2.75) is 34.1 Å². The molecule has 5 nitrogen and oxygen atoms in total. The lowest BCUT2D eigenvalue weighted by molar-refractivity contribution is -0.175. The van der Waals surface area contributed by atoms with Gasteiger partial charge in [0.15, 0.2) is 0 Å². The van der Waals surface area contributed by atoms with Gasteiger partial charge in [-0.2, -0.15) is 0 Å². The molecule has 0 bridgehead atoms. The van der Waals surface area contributed by atoms with Crippen LogP contribution in [0, 0.1) is 10.8 Å². The van der Waals surface area contributed by atoms with Crippen molar-refractivity contribution >= 4 is 17.7 Å². The smallest absolute Gasteiger partial charge is 0.313 e. The van der Waals surface area contributed by atoms with Gasteiger partial charge in [-0.3, -0.25) is 14.4 Å². The number of Topliss-reactive ketones (excluding diaryl/α,β-unsaturated/α-hetero) is 1. The zero-order valence-corrected chi connectivity index (χ0v) is 11.2. The summed E-state index contributed by atoms with van der Waals surface area (Å²) in [5.41, 5.74) is -2.37. The van der Waals surface area contributed by atoms with E-state index in [9.17, 15) is 14.4 Å². The summed E-state index contributed by atoms with van der Waals surface area (Å²) in [5, 5.41) is 0. The first-order chi connectivity index (χ1) is 7.63. The highest BCUT2D eigenvalue weighted by atomic mass is 16.5. The number of rotatable bonds is 5. The molecule has 0 fully saturated rings. The fourth-order valence-corrected chi connectivity index (χ4v) is 1.75. The Labute approximate surface area is 101 Å². The number of hydrogen-bond acceptors (Lipinski definition) is 5. The molecule has 1 unspecified atom stereocenters. The molecule has 0 aliphatic rings. The number of carbonyl (C=O) groups is 3. The predicted octanol–water partition coefficient (Wildman–Crippen LogP) is 1.34. The summed E-state index contributed by atoms with van der Waals surface area (Å²) >= 11 is 0. The van der Waals surface area contributed by atoms with Crippen LogP contribution in [0.2, 0.25) is 0 Å². The molecule has 0 amide bonds. The van der Waals surface area contributed by atoms with Crippen LogP contribution in [0.25, 0.3) is 0 Å². The first-order valence-corrected chi connectivity index (χ1v) is 5.29. The van der Waals surface area contributed by atoms with Crippen LogP contribution in [0.3, 0.4) is 0 Å². The SMILES string of the molecule is COC(=O)C(C)(C)C(C)(CC(C)=O)C(=O)OC. The van der Waals surface area contributed by atoms with Gasteiger partial charge in [-0.25, -0.2) is 0 Å². The van der Waals surface area contributed by atoms with Crippen molar-refractivity contribution in [3.05, 3.63) is 0 Å². The maximum atomic E-state index is 11.9. The summed E-state index contributed by atoms with van der Waals surface area (Å²) in [6, 6.07) is 0. The van der Waals surface area contributed by atoms with E-state index < -0.39 is 22.8 Å².